The first kappa shape index (κ1) is 33.9. The van der Waals surface area contributed by atoms with Crippen LogP contribution in [0, 0.1) is 0 Å². The average molecular weight is 690 g/mol. The third-order valence-electron chi connectivity index (χ3n) is 7.62. The Bertz CT molecular complexity index is 1770. The van der Waals surface area contributed by atoms with Crippen LogP contribution in [0.5, 0.6) is 5.75 Å². The Balaban J connectivity index is 1.24. The number of thiazole rings is 1. The van der Waals surface area contributed by atoms with E-state index in [1.165, 1.54) is 19.2 Å². The van der Waals surface area contributed by atoms with E-state index in [2.05, 4.69) is 35.0 Å². The zero-order chi connectivity index (χ0) is 33.9. The SMILES string of the molecule is C[C@H](O/N=C(\C(=O)N[C@@H]1C(=O)N(OS(=O)(=O)O)C1(C)C)c1csc(N)n1)[C@H]1CCc2cc(-c3cnc(NCCCN)nc3)ccc2O1. The summed E-state index contributed by atoms with van der Waals surface area (Å²) in [5, 5.41) is 11.9. The van der Waals surface area contributed by atoms with Crippen molar-refractivity contribution < 1.29 is 36.4 Å². The summed E-state index contributed by atoms with van der Waals surface area (Å²) in [5.41, 5.74) is 12.7. The topological polar surface area (TPSA) is 247 Å². The van der Waals surface area contributed by atoms with Gasteiger partial charge in [-0.1, -0.05) is 11.2 Å². The first-order valence-corrected chi connectivity index (χ1v) is 16.8. The fraction of sp³-hybridized carbons (Fsp3) is 0.429. The van der Waals surface area contributed by atoms with Gasteiger partial charge < -0.3 is 31.7 Å². The normalized spacial score (nSPS) is 19.6. The van der Waals surface area contributed by atoms with Crippen molar-refractivity contribution in [2.75, 3.05) is 24.1 Å². The Hall–Kier alpha value is -4.43. The van der Waals surface area contributed by atoms with E-state index in [9.17, 15) is 18.0 Å². The quantitative estimate of drug-likeness (QED) is 0.0558. The van der Waals surface area contributed by atoms with Gasteiger partial charge in [0.25, 0.3) is 11.8 Å². The predicted molar refractivity (Wildman–Crippen MR) is 171 cm³/mol. The number of carbonyl (C=O) groups excluding carboxylic acids is 2. The molecule has 0 aliphatic carbocycles. The zero-order valence-electron chi connectivity index (χ0n) is 25.7. The van der Waals surface area contributed by atoms with Gasteiger partial charge in [0.2, 0.25) is 5.95 Å². The van der Waals surface area contributed by atoms with Gasteiger partial charge in [-0.3, -0.25) is 14.1 Å². The number of aromatic nitrogens is 3. The molecule has 7 N–H and O–H groups in total. The van der Waals surface area contributed by atoms with Crippen LogP contribution in [0.4, 0.5) is 11.1 Å². The smallest absolute Gasteiger partial charge is 0.418 e. The number of nitrogens with zero attached hydrogens (tertiary/aromatic N) is 5. The Morgan fingerprint density at radius 1 is 1.30 bits per heavy atom. The summed E-state index contributed by atoms with van der Waals surface area (Å²) in [4.78, 5) is 44.5. The van der Waals surface area contributed by atoms with Gasteiger partial charge in [0.05, 0.1) is 5.54 Å². The number of nitrogens with two attached hydrogens (primary N) is 2. The summed E-state index contributed by atoms with van der Waals surface area (Å²) in [5.74, 6) is -0.492. The van der Waals surface area contributed by atoms with Crippen LogP contribution in [0.1, 0.15) is 44.9 Å². The molecule has 2 aliphatic rings. The molecule has 4 heterocycles. The summed E-state index contributed by atoms with van der Waals surface area (Å²) in [6.07, 6.45) is 4.64. The number of amides is 2. The molecule has 17 nitrogen and oxygen atoms in total. The minimum absolute atomic E-state index is 0.110. The van der Waals surface area contributed by atoms with Crippen molar-refractivity contribution >= 4 is 50.3 Å². The van der Waals surface area contributed by atoms with Crippen LogP contribution in [0.25, 0.3) is 11.1 Å². The Kier molecular flexibility index (Phi) is 9.92. The summed E-state index contributed by atoms with van der Waals surface area (Å²) < 4.78 is 41.8. The molecule has 0 radical (unpaired) electrons. The number of aryl methyl sites for hydroxylation is 1. The molecule has 2 aliphatic heterocycles. The molecule has 5 rings (SSSR count). The van der Waals surface area contributed by atoms with Crippen LogP contribution >= 0.6 is 11.3 Å². The van der Waals surface area contributed by atoms with Crippen molar-refractivity contribution in [3.05, 3.63) is 47.2 Å². The fourth-order valence-corrected chi connectivity index (χ4v) is 6.02. The number of fused-ring (bicyclic) bond motifs is 1. The van der Waals surface area contributed by atoms with Crippen molar-refractivity contribution in [1.82, 2.24) is 25.3 Å². The van der Waals surface area contributed by atoms with Gasteiger partial charge in [-0.2, -0.15) is 13.5 Å². The first-order valence-electron chi connectivity index (χ1n) is 14.6. The van der Waals surface area contributed by atoms with E-state index in [4.69, 9.17) is 25.6 Å². The maximum Gasteiger partial charge on any atom is 0.418 e. The number of hydrogen-bond donors (Lipinski definition) is 5. The van der Waals surface area contributed by atoms with E-state index in [0.717, 1.165) is 34.4 Å². The van der Waals surface area contributed by atoms with E-state index >= 15 is 0 Å². The first-order chi connectivity index (χ1) is 22.3. The summed E-state index contributed by atoms with van der Waals surface area (Å²) in [7, 11) is -4.96. The molecule has 1 aromatic carbocycles. The van der Waals surface area contributed by atoms with Crippen molar-refractivity contribution in [2.45, 2.75) is 63.8 Å². The summed E-state index contributed by atoms with van der Waals surface area (Å²) in [6.45, 7) is 5.92. The highest BCUT2D eigenvalue weighted by Crippen LogP contribution is 2.34. The number of β-lactam (4-membered cyclic amide) rings is 1. The third kappa shape index (κ3) is 7.76. The molecule has 1 saturated heterocycles. The highest BCUT2D eigenvalue weighted by molar-refractivity contribution is 7.80. The minimum atomic E-state index is -4.96. The third-order valence-corrected chi connectivity index (χ3v) is 8.63. The van der Waals surface area contributed by atoms with Crippen LogP contribution in [0.15, 0.2) is 41.1 Å². The van der Waals surface area contributed by atoms with Gasteiger partial charge in [-0.05, 0) is 69.8 Å². The highest BCUT2D eigenvalue weighted by atomic mass is 32.3. The van der Waals surface area contributed by atoms with Gasteiger partial charge in [0, 0.05) is 29.9 Å². The second-order valence-corrected chi connectivity index (χ2v) is 13.3. The Labute approximate surface area is 274 Å². The standard InChI is InChI=1S/C28H35N9O8S2/c1-15(20-7-6-17-11-16(5-8-21(17)43-20)18-12-32-27(33-13-18)31-10-4-9-29)44-36-22(19-14-46-26(30)34-19)24(38)35-23-25(39)37(28(23,2)3)45-47(40,41)42/h5,8,11-15,20,23H,4,6-7,9-10,29H2,1-3H3,(H2,30,34)(H,35,38)(H,31,32,33)(H,40,41,42)/b36-22-/t15-,20+,23+/m0/s1. The second kappa shape index (κ2) is 13.7. The average Bonchev–Trinajstić information content (AvgIpc) is 3.47. The number of rotatable bonds is 13. The number of hydrogen-bond acceptors (Lipinski definition) is 15. The predicted octanol–water partition coefficient (Wildman–Crippen LogP) is 1.29. The molecule has 19 heteroatoms. The van der Waals surface area contributed by atoms with Gasteiger partial charge in [0.15, 0.2) is 16.9 Å². The van der Waals surface area contributed by atoms with E-state index in [0.29, 0.717) is 42.7 Å². The van der Waals surface area contributed by atoms with Gasteiger partial charge >= 0.3 is 10.4 Å². The maximum atomic E-state index is 13.3. The number of hydroxylamine groups is 2. The number of nitrogens with one attached hydrogen (secondary N) is 2. The van der Waals surface area contributed by atoms with E-state index < -0.39 is 46.0 Å². The van der Waals surface area contributed by atoms with Crippen molar-refractivity contribution in [3.8, 4) is 16.9 Å². The molecule has 47 heavy (non-hydrogen) atoms. The van der Waals surface area contributed by atoms with E-state index in [1.807, 2.05) is 18.2 Å². The molecule has 3 atom stereocenters. The number of carbonyl (C=O) groups is 2. The van der Waals surface area contributed by atoms with Crippen molar-refractivity contribution in [1.29, 1.82) is 0 Å². The Morgan fingerprint density at radius 3 is 2.68 bits per heavy atom. The fourth-order valence-electron chi connectivity index (χ4n) is 5.01. The van der Waals surface area contributed by atoms with Crippen LogP contribution in [-0.4, -0.2) is 87.4 Å². The van der Waals surface area contributed by atoms with Crippen LogP contribution in [-0.2, 0) is 35.5 Å². The molecule has 1 fully saturated rings. The highest BCUT2D eigenvalue weighted by Gasteiger charge is 2.58. The number of anilines is 2. The molecule has 3 aromatic rings. The largest absolute Gasteiger partial charge is 0.486 e. The van der Waals surface area contributed by atoms with Crippen LogP contribution in [0.3, 0.4) is 0 Å². The maximum absolute atomic E-state index is 13.3. The van der Waals surface area contributed by atoms with E-state index in [-0.39, 0.29) is 16.5 Å². The Morgan fingerprint density at radius 2 is 2.04 bits per heavy atom. The molecule has 0 spiro atoms. The lowest BCUT2D eigenvalue weighted by Gasteiger charge is -2.50. The van der Waals surface area contributed by atoms with E-state index in [1.54, 1.807) is 19.3 Å². The molecule has 2 amide bonds. The molecule has 252 valence electrons. The van der Waals surface area contributed by atoms with Crippen LogP contribution in [0.2, 0.25) is 0 Å². The van der Waals surface area contributed by atoms with Crippen molar-refractivity contribution in [2.24, 2.45) is 10.9 Å². The molecule has 0 bridgehead atoms. The molecular weight excluding hydrogens is 654 g/mol. The molecule has 2 aromatic heterocycles. The van der Waals surface area contributed by atoms with Gasteiger partial charge in [-0.15, -0.1) is 15.6 Å². The minimum Gasteiger partial charge on any atom is -0.486 e. The van der Waals surface area contributed by atoms with Crippen molar-refractivity contribution in [3.63, 3.8) is 0 Å². The lowest BCUT2D eigenvalue weighted by molar-refractivity contribution is -0.218. The molecule has 0 saturated carbocycles. The van der Waals surface area contributed by atoms with Gasteiger partial charge in [-0.25, -0.2) is 15.0 Å². The van der Waals surface area contributed by atoms with Gasteiger partial charge in [0.1, 0.15) is 23.6 Å². The molecular formula is C28H35N9O8S2. The number of ether oxygens (including phenoxy) is 1. The molecule has 0 unspecified atom stereocenters. The van der Waals surface area contributed by atoms with Crippen LogP contribution < -0.4 is 26.8 Å². The number of oxime groups is 1. The second-order valence-electron chi connectivity index (χ2n) is 11.4. The number of nitrogen functional groups attached to an aromatic ring is 1. The lowest BCUT2D eigenvalue weighted by Crippen LogP contribution is -2.76. The summed E-state index contributed by atoms with van der Waals surface area (Å²) >= 11 is 1.08. The monoisotopic (exact) mass is 689 g/mol. The summed E-state index contributed by atoms with van der Waals surface area (Å²) in [6, 6.07) is 4.63. The number of benzene rings is 1. The zero-order valence-corrected chi connectivity index (χ0v) is 27.4. The lowest BCUT2D eigenvalue weighted by atomic mass is 9.84.